The fourth-order valence-corrected chi connectivity index (χ4v) is 5.89. The van der Waals surface area contributed by atoms with E-state index < -0.39 is 18.0 Å². The third-order valence-corrected chi connectivity index (χ3v) is 8.02. The van der Waals surface area contributed by atoms with Crippen LogP contribution in [0, 0.1) is 12.8 Å². The van der Waals surface area contributed by atoms with Crippen molar-refractivity contribution in [2.75, 3.05) is 13.1 Å². The number of Topliss-reactive ketones (excluding diaryl/α,β-unsaturated/α-hetero) is 1. The summed E-state index contributed by atoms with van der Waals surface area (Å²) in [5.41, 5.74) is 2.13. The van der Waals surface area contributed by atoms with Crippen LogP contribution in [-0.2, 0) is 20.8 Å². The maximum Gasteiger partial charge on any atom is 0.287 e. The van der Waals surface area contributed by atoms with Crippen molar-refractivity contribution in [3.05, 3.63) is 65.7 Å². The van der Waals surface area contributed by atoms with E-state index in [9.17, 15) is 19.2 Å². The van der Waals surface area contributed by atoms with Crippen molar-refractivity contribution in [1.82, 2.24) is 20.1 Å². The highest BCUT2D eigenvalue weighted by Gasteiger charge is 2.52. The molecule has 6 rings (SSSR count). The van der Waals surface area contributed by atoms with E-state index in [4.69, 9.17) is 4.42 Å². The smallest absolute Gasteiger partial charge is 0.287 e. The van der Waals surface area contributed by atoms with Crippen LogP contribution in [0.5, 0.6) is 0 Å². The highest BCUT2D eigenvalue weighted by Crippen LogP contribution is 2.36. The number of pyridine rings is 1. The average Bonchev–Trinajstić information content (AvgIpc) is 3.38. The lowest BCUT2D eigenvalue weighted by Gasteiger charge is -2.28. The number of rotatable bonds is 7. The summed E-state index contributed by atoms with van der Waals surface area (Å²) in [5.74, 6) is -0.401. The van der Waals surface area contributed by atoms with Crippen molar-refractivity contribution in [3.8, 4) is 0 Å². The van der Waals surface area contributed by atoms with Crippen LogP contribution in [0.3, 0.4) is 0 Å². The van der Waals surface area contributed by atoms with Crippen LogP contribution in [0.15, 0.2) is 53.2 Å². The number of nitrogens with zero attached hydrogens (tertiary/aromatic N) is 3. The molecule has 3 amide bonds. The zero-order chi connectivity index (χ0) is 26.4. The largest absolute Gasteiger partial charge is 0.451 e. The molecule has 3 atom stereocenters. The average molecular weight is 515 g/mol. The van der Waals surface area contributed by atoms with Gasteiger partial charge in [-0.3, -0.25) is 24.2 Å². The highest BCUT2D eigenvalue weighted by molar-refractivity contribution is 6.02. The lowest BCUT2D eigenvalue weighted by molar-refractivity contribution is -0.138. The number of likely N-dealkylation sites (tertiary alicyclic amines) is 2. The fraction of sp³-hybridized carbons (Fsp3) is 0.414. The number of aryl methyl sites for hydroxylation is 1. The van der Waals surface area contributed by atoms with Gasteiger partial charge in [-0.05, 0) is 43.4 Å². The quantitative estimate of drug-likeness (QED) is 0.519. The van der Waals surface area contributed by atoms with Gasteiger partial charge in [0, 0.05) is 29.9 Å². The van der Waals surface area contributed by atoms with E-state index in [1.807, 2.05) is 37.3 Å². The second kappa shape index (κ2) is 9.70. The molecule has 2 aromatic heterocycles. The first-order valence-corrected chi connectivity index (χ1v) is 13.2. The molecule has 3 aliphatic rings. The van der Waals surface area contributed by atoms with E-state index in [-0.39, 0.29) is 42.4 Å². The van der Waals surface area contributed by atoms with E-state index in [2.05, 4.69) is 10.3 Å². The summed E-state index contributed by atoms with van der Waals surface area (Å²) in [6, 6.07) is 9.28. The Kier molecular flexibility index (Phi) is 6.21. The molecule has 0 bridgehead atoms. The standard InChI is InChI=1S/C29H30N4O5/c1-17-20-6-2-3-7-24(20)38-27(17)28(36)31-21(13-18-8-9-18)29(37)32-12-10-22-26(32)23(34)16-33(22)25(35)14-19-5-4-11-30-15-19/h2-7,11,15,18,21-22,26H,8-10,12-14,16H2,1H3,(H,31,36). The molecule has 9 nitrogen and oxygen atoms in total. The number of aromatic nitrogens is 1. The Labute approximate surface area is 220 Å². The van der Waals surface area contributed by atoms with E-state index in [0.717, 1.165) is 29.4 Å². The van der Waals surface area contributed by atoms with E-state index in [1.54, 1.807) is 28.3 Å². The van der Waals surface area contributed by atoms with Crippen molar-refractivity contribution < 1.29 is 23.6 Å². The minimum absolute atomic E-state index is 0.00393. The molecule has 9 heteroatoms. The van der Waals surface area contributed by atoms with Crippen LogP contribution in [-0.4, -0.2) is 69.5 Å². The minimum Gasteiger partial charge on any atom is -0.451 e. The number of benzene rings is 1. The lowest BCUT2D eigenvalue weighted by atomic mass is 10.1. The highest BCUT2D eigenvalue weighted by atomic mass is 16.3. The number of hydrogen-bond donors (Lipinski definition) is 1. The third kappa shape index (κ3) is 4.46. The molecule has 1 saturated carbocycles. The molecule has 3 aromatic rings. The summed E-state index contributed by atoms with van der Waals surface area (Å²) >= 11 is 0. The topological polar surface area (TPSA) is 113 Å². The first kappa shape index (κ1) is 24.3. The van der Waals surface area contributed by atoms with Gasteiger partial charge in [-0.25, -0.2) is 0 Å². The summed E-state index contributed by atoms with van der Waals surface area (Å²) in [6.45, 7) is 2.20. The van der Waals surface area contributed by atoms with Crippen LogP contribution in [0.25, 0.3) is 11.0 Å². The summed E-state index contributed by atoms with van der Waals surface area (Å²) in [6.07, 6.45) is 6.55. The maximum atomic E-state index is 13.8. The molecule has 196 valence electrons. The SMILES string of the molecule is Cc1c(C(=O)NC(CC2CC2)C(=O)N2CCC3C2C(=O)CN3C(=O)Cc2cccnc2)oc2ccccc12. The molecule has 3 unspecified atom stereocenters. The maximum absolute atomic E-state index is 13.8. The van der Waals surface area contributed by atoms with Crippen LogP contribution in [0.2, 0.25) is 0 Å². The normalized spacial score (nSPS) is 21.6. The molecule has 1 N–H and O–H groups in total. The second-order valence-corrected chi connectivity index (χ2v) is 10.6. The Morgan fingerprint density at radius 1 is 1.11 bits per heavy atom. The number of hydrogen-bond acceptors (Lipinski definition) is 6. The molecule has 0 spiro atoms. The summed E-state index contributed by atoms with van der Waals surface area (Å²) < 4.78 is 5.82. The molecular formula is C29H30N4O5. The van der Waals surface area contributed by atoms with Gasteiger partial charge < -0.3 is 19.5 Å². The zero-order valence-electron chi connectivity index (χ0n) is 21.3. The molecule has 3 fully saturated rings. The number of furan rings is 1. The lowest BCUT2D eigenvalue weighted by Crippen LogP contribution is -2.52. The Hall–Kier alpha value is -4.01. The third-order valence-electron chi connectivity index (χ3n) is 8.02. The molecule has 4 heterocycles. The Morgan fingerprint density at radius 3 is 2.66 bits per heavy atom. The Balaban J connectivity index is 1.18. The fourth-order valence-electron chi connectivity index (χ4n) is 5.89. The van der Waals surface area contributed by atoms with Gasteiger partial charge in [-0.1, -0.05) is 37.1 Å². The number of ketones is 1. The van der Waals surface area contributed by atoms with Crippen LogP contribution in [0.4, 0.5) is 0 Å². The number of carbonyl (C=O) groups excluding carboxylic acids is 4. The number of carbonyl (C=O) groups is 4. The van der Waals surface area contributed by atoms with Gasteiger partial charge in [-0.2, -0.15) is 0 Å². The zero-order valence-corrected chi connectivity index (χ0v) is 21.3. The van der Waals surface area contributed by atoms with Gasteiger partial charge in [-0.15, -0.1) is 0 Å². The van der Waals surface area contributed by atoms with Crippen LogP contribution >= 0.6 is 0 Å². The molecule has 0 radical (unpaired) electrons. The van der Waals surface area contributed by atoms with Crippen molar-refractivity contribution in [3.63, 3.8) is 0 Å². The molecule has 2 aliphatic heterocycles. The first-order chi connectivity index (χ1) is 18.4. The van der Waals surface area contributed by atoms with Gasteiger partial charge >= 0.3 is 0 Å². The van der Waals surface area contributed by atoms with Crippen LogP contribution in [0.1, 0.15) is 47.4 Å². The Bertz CT molecular complexity index is 1410. The van der Waals surface area contributed by atoms with Gasteiger partial charge in [0.1, 0.15) is 17.7 Å². The summed E-state index contributed by atoms with van der Waals surface area (Å²) in [7, 11) is 0. The number of para-hydroxylation sites is 1. The predicted molar refractivity (Wildman–Crippen MR) is 138 cm³/mol. The number of nitrogens with one attached hydrogen (secondary N) is 1. The Morgan fingerprint density at radius 2 is 1.92 bits per heavy atom. The minimum atomic E-state index is -0.755. The second-order valence-electron chi connectivity index (χ2n) is 10.6. The van der Waals surface area contributed by atoms with Gasteiger partial charge in [0.15, 0.2) is 11.5 Å². The van der Waals surface area contributed by atoms with Crippen LogP contribution < -0.4 is 5.32 Å². The summed E-state index contributed by atoms with van der Waals surface area (Å²) in [4.78, 5) is 60.5. The van der Waals surface area contributed by atoms with Crippen molar-refractivity contribution >= 4 is 34.5 Å². The van der Waals surface area contributed by atoms with Crippen molar-refractivity contribution in [2.45, 2.75) is 57.2 Å². The first-order valence-electron chi connectivity index (χ1n) is 13.2. The van der Waals surface area contributed by atoms with Crippen molar-refractivity contribution in [1.29, 1.82) is 0 Å². The van der Waals surface area contributed by atoms with Gasteiger partial charge in [0.25, 0.3) is 5.91 Å². The molecule has 1 aromatic carbocycles. The van der Waals surface area contributed by atoms with E-state index in [0.29, 0.717) is 30.9 Å². The van der Waals surface area contributed by atoms with Crippen molar-refractivity contribution in [2.24, 2.45) is 5.92 Å². The number of amides is 3. The molecule has 1 aliphatic carbocycles. The monoisotopic (exact) mass is 514 g/mol. The molecular weight excluding hydrogens is 484 g/mol. The van der Waals surface area contributed by atoms with Gasteiger partial charge in [0.05, 0.1) is 19.0 Å². The molecule has 38 heavy (non-hydrogen) atoms. The predicted octanol–water partition coefficient (Wildman–Crippen LogP) is 2.66. The number of fused-ring (bicyclic) bond motifs is 2. The van der Waals surface area contributed by atoms with E-state index in [1.165, 1.54) is 0 Å². The van der Waals surface area contributed by atoms with Gasteiger partial charge in [0.2, 0.25) is 11.8 Å². The summed E-state index contributed by atoms with van der Waals surface area (Å²) in [5, 5.41) is 3.78. The van der Waals surface area contributed by atoms with E-state index >= 15 is 0 Å². The molecule has 2 saturated heterocycles.